The van der Waals surface area contributed by atoms with E-state index in [4.69, 9.17) is 16.3 Å². The molecule has 0 saturated carbocycles. The standard InChI is InChI=1S/C19H17ClN2O3S/c1-25-18-11-9-16(10-12-18)21-15-5-7-17(8-6-15)22-26(23,24)19-4-2-3-14(20)13-19/h2-13,21-22H,1H3. The number of halogens is 1. The first-order valence-electron chi connectivity index (χ1n) is 7.76. The van der Waals surface area contributed by atoms with E-state index in [2.05, 4.69) is 10.0 Å². The molecule has 7 heteroatoms. The minimum Gasteiger partial charge on any atom is -0.497 e. The molecular weight excluding hydrogens is 372 g/mol. The Labute approximate surface area is 157 Å². The highest BCUT2D eigenvalue weighted by Gasteiger charge is 2.14. The van der Waals surface area contributed by atoms with Crippen molar-refractivity contribution in [3.8, 4) is 5.75 Å². The quantitative estimate of drug-likeness (QED) is 0.630. The lowest BCUT2D eigenvalue weighted by Crippen LogP contribution is -2.12. The molecule has 3 aromatic rings. The van der Waals surface area contributed by atoms with Crippen LogP contribution in [0.2, 0.25) is 5.02 Å². The zero-order valence-corrected chi connectivity index (χ0v) is 15.5. The number of benzene rings is 3. The minimum absolute atomic E-state index is 0.116. The number of anilines is 3. The monoisotopic (exact) mass is 388 g/mol. The molecule has 26 heavy (non-hydrogen) atoms. The lowest BCUT2D eigenvalue weighted by atomic mass is 10.2. The summed E-state index contributed by atoms with van der Waals surface area (Å²) in [5.41, 5.74) is 2.20. The van der Waals surface area contributed by atoms with Gasteiger partial charge in [-0.15, -0.1) is 0 Å². The van der Waals surface area contributed by atoms with E-state index in [1.54, 1.807) is 43.5 Å². The first-order valence-corrected chi connectivity index (χ1v) is 9.62. The van der Waals surface area contributed by atoms with Crippen molar-refractivity contribution in [2.75, 3.05) is 17.1 Å². The molecule has 0 atom stereocenters. The van der Waals surface area contributed by atoms with Gasteiger partial charge in [-0.05, 0) is 66.7 Å². The van der Waals surface area contributed by atoms with Crippen LogP contribution in [0, 0.1) is 0 Å². The van der Waals surface area contributed by atoms with Crippen LogP contribution in [0.25, 0.3) is 0 Å². The highest BCUT2D eigenvalue weighted by Crippen LogP contribution is 2.23. The summed E-state index contributed by atoms with van der Waals surface area (Å²) in [6.07, 6.45) is 0. The second kappa shape index (κ2) is 7.68. The molecule has 0 spiro atoms. The lowest BCUT2D eigenvalue weighted by Gasteiger charge is -2.10. The van der Waals surface area contributed by atoms with Gasteiger partial charge in [0.25, 0.3) is 10.0 Å². The van der Waals surface area contributed by atoms with E-state index in [1.165, 1.54) is 12.1 Å². The van der Waals surface area contributed by atoms with Crippen molar-refractivity contribution in [1.29, 1.82) is 0 Å². The summed E-state index contributed by atoms with van der Waals surface area (Å²) in [4.78, 5) is 0.116. The van der Waals surface area contributed by atoms with E-state index in [0.29, 0.717) is 10.7 Å². The molecule has 0 aromatic heterocycles. The van der Waals surface area contributed by atoms with Gasteiger partial charge < -0.3 is 10.1 Å². The summed E-state index contributed by atoms with van der Waals surface area (Å²) in [5.74, 6) is 0.779. The molecule has 0 aliphatic carbocycles. The van der Waals surface area contributed by atoms with Gasteiger partial charge in [-0.3, -0.25) is 4.72 Å². The Kier molecular flexibility index (Phi) is 5.35. The fourth-order valence-corrected chi connectivity index (χ4v) is 3.67. The van der Waals surface area contributed by atoms with E-state index < -0.39 is 10.0 Å². The molecule has 3 rings (SSSR count). The molecule has 0 amide bonds. The Hall–Kier alpha value is -2.70. The van der Waals surface area contributed by atoms with Gasteiger partial charge in [-0.2, -0.15) is 0 Å². The third-order valence-electron chi connectivity index (χ3n) is 3.62. The molecule has 0 radical (unpaired) electrons. The smallest absolute Gasteiger partial charge is 0.261 e. The van der Waals surface area contributed by atoms with Gasteiger partial charge in [-0.1, -0.05) is 17.7 Å². The van der Waals surface area contributed by atoms with Crippen LogP contribution in [-0.2, 0) is 10.0 Å². The van der Waals surface area contributed by atoms with Crippen LogP contribution < -0.4 is 14.8 Å². The van der Waals surface area contributed by atoms with Crippen LogP contribution in [0.5, 0.6) is 5.75 Å². The fourth-order valence-electron chi connectivity index (χ4n) is 2.31. The molecule has 0 saturated heterocycles. The van der Waals surface area contributed by atoms with Gasteiger partial charge in [0.15, 0.2) is 0 Å². The Morgan fingerprint density at radius 2 is 1.42 bits per heavy atom. The Morgan fingerprint density at radius 3 is 2.00 bits per heavy atom. The lowest BCUT2D eigenvalue weighted by molar-refractivity contribution is 0.415. The first kappa shape index (κ1) is 18.1. The van der Waals surface area contributed by atoms with Crippen molar-refractivity contribution < 1.29 is 13.2 Å². The molecular formula is C19H17ClN2O3S. The third kappa shape index (κ3) is 4.47. The van der Waals surface area contributed by atoms with Gasteiger partial charge >= 0.3 is 0 Å². The molecule has 134 valence electrons. The fraction of sp³-hybridized carbons (Fsp3) is 0.0526. The number of hydrogen-bond donors (Lipinski definition) is 2. The van der Waals surface area contributed by atoms with Gasteiger partial charge in [-0.25, -0.2) is 8.42 Å². The largest absolute Gasteiger partial charge is 0.497 e. The molecule has 0 aliphatic heterocycles. The van der Waals surface area contributed by atoms with Crippen LogP contribution in [0.15, 0.2) is 77.7 Å². The molecule has 0 unspecified atom stereocenters. The number of hydrogen-bond acceptors (Lipinski definition) is 4. The Bertz CT molecular complexity index is 988. The van der Waals surface area contributed by atoms with Crippen LogP contribution in [0.1, 0.15) is 0 Å². The van der Waals surface area contributed by atoms with Crippen molar-refractivity contribution in [3.05, 3.63) is 77.8 Å². The normalized spacial score (nSPS) is 11.0. The summed E-state index contributed by atoms with van der Waals surface area (Å²) in [6, 6.07) is 20.6. The average Bonchev–Trinajstić information content (AvgIpc) is 2.64. The van der Waals surface area contributed by atoms with E-state index in [9.17, 15) is 8.42 Å². The van der Waals surface area contributed by atoms with Crippen LogP contribution in [-0.4, -0.2) is 15.5 Å². The summed E-state index contributed by atoms with van der Waals surface area (Å²) >= 11 is 5.86. The maximum absolute atomic E-state index is 12.4. The van der Waals surface area contributed by atoms with E-state index >= 15 is 0 Å². The molecule has 0 fully saturated rings. The van der Waals surface area contributed by atoms with E-state index in [-0.39, 0.29) is 4.90 Å². The predicted octanol–water partition coefficient (Wildman–Crippen LogP) is 4.89. The minimum atomic E-state index is -3.68. The topological polar surface area (TPSA) is 67.4 Å². The number of sulfonamides is 1. The van der Waals surface area contributed by atoms with Gasteiger partial charge in [0.2, 0.25) is 0 Å². The number of rotatable bonds is 6. The number of nitrogens with one attached hydrogen (secondary N) is 2. The predicted molar refractivity (Wildman–Crippen MR) is 105 cm³/mol. The first-order chi connectivity index (χ1) is 12.5. The number of ether oxygens (including phenoxy) is 1. The second-order valence-corrected chi connectivity index (χ2v) is 7.61. The molecule has 5 nitrogen and oxygen atoms in total. The summed E-state index contributed by atoms with van der Waals surface area (Å²) < 4.78 is 32.4. The zero-order chi connectivity index (χ0) is 18.6. The van der Waals surface area contributed by atoms with Crippen LogP contribution >= 0.6 is 11.6 Å². The van der Waals surface area contributed by atoms with Gasteiger partial charge in [0.1, 0.15) is 5.75 Å². The van der Waals surface area contributed by atoms with Gasteiger partial charge in [0.05, 0.1) is 12.0 Å². The summed E-state index contributed by atoms with van der Waals surface area (Å²) in [7, 11) is -2.07. The van der Waals surface area contributed by atoms with Crippen molar-refractivity contribution >= 4 is 38.7 Å². The molecule has 0 aliphatic rings. The average molecular weight is 389 g/mol. The highest BCUT2D eigenvalue weighted by atomic mass is 35.5. The van der Waals surface area contributed by atoms with Crippen molar-refractivity contribution in [3.63, 3.8) is 0 Å². The van der Waals surface area contributed by atoms with Crippen LogP contribution in [0.4, 0.5) is 17.1 Å². The van der Waals surface area contributed by atoms with Crippen molar-refractivity contribution in [2.24, 2.45) is 0 Å². The molecule has 2 N–H and O–H groups in total. The maximum Gasteiger partial charge on any atom is 0.261 e. The summed E-state index contributed by atoms with van der Waals surface area (Å²) in [6.45, 7) is 0. The molecule has 0 bridgehead atoms. The Balaban J connectivity index is 1.71. The highest BCUT2D eigenvalue weighted by molar-refractivity contribution is 7.92. The molecule has 3 aromatic carbocycles. The zero-order valence-electron chi connectivity index (χ0n) is 13.9. The van der Waals surface area contributed by atoms with Crippen molar-refractivity contribution in [2.45, 2.75) is 4.90 Å². The number of methoxy groups -OCH3 is 1. The van der Waals surface area contributed by atoms with E-state index in [0.717, 1.165) is 17.1 Å². The second-order valence-electron chi connectivity index (χ2n) is 5.49. The maximum atomic E-state index is 12.4. The SMILES string of the molecule is COc1ccc(Nc2ccc(NS(=O)(=O)c3cccc(Cl)c3)cc2)cc1. The summed E-state index contributed by atoms with van der Waals surface area (Å²) in [5, 5.41) is 3.60. The molecule has 0 heterocycles. The van der Waals surface area contributed by atoms with E-state index in [1.807, 2.05) is 24.3 Å². The third-order valence-corrected chi connectivity index (χ3v) is 5.24. The van der Waals surface area contributed by atoms with Crippen LogP contribution in [0.3, 0.4) is 0 Å². The Morgan fingerprint density at radius 1 is 0.846 bits per heavy atom. The van der Waals surface area contributed by atoms with Gasteiger partial charge in [0, 0.05) is 22.1 Å². The van der Waals surface area contributed by atoms with Crippen molar-refractivity contribution in [1.82, 2.24) is 0 Å².